The van der Waals surface area contributed by atoms with Crippen LogP contribution >= 0.6 is 15.9 Å². The Bertz CT molecular complexity index is 164. The molecule has 10 heavy (non-hydrogen) atoms. The lowest BCUT2D eigenvalue weighted by atomic mass is 10.7. The van der Waals surface area contributed by atoms with Crippen molar-refractivity contribution in [3.8, 4) is 0 Å². The van der Waals surface area contributed by atoms with E-state index < -0.39 is 10.9 Å². The van der Waals surface area contributed by atoms with Gasteiger partial charge in [-0.25, -0.2) is 9.59 Å². The average Bonchev–Trinajstić information content (AvgIpc) is 1.89. The van der Waals surface area contributed by atoms with Crippen molar-refractivity contribution in [3.63, 3.8) is 0 Å². The van der Waals surface area contributed by atoms with Crippen LogP contribution < -0.4 is 0 Å². The van der Waals surface area contributed by atoms with Crippen LogP contribution in [0.3, 0.4) is 0 Å². The number of carbonyl (C=O) groups excluding carboxylic acids is 2. The fraction of sp³-hybridized carbons (Fsp3) is 0.600. The molecule has 0 N–H and O–H groups in total. The number of rotatable bonds is 3. The van der Waals surface area contributed by atoms with Crippen molar-refractivity contribution in [1.29, 1.82) is 0 Å². The van der Waals surface area contributed by atoms with Crippen LogP contribution in [0.1, 0.15) is 6.92 Å². The van der Waals surface area contributed by atoms with Gasteiger partial charge in [0.2, 0.25) is 11.0 Å². The maximum absolute atomic E-state index is 10.6. The summed E-state index contributed by atoms with van der Waals surface area (Å²) in [6, 6.07) is 0. The summed E-state index contributed by atoms with van der Waals surface area (Å²) in [6.07, 6.45) is 1.23. The Morgan fingerprint density at radius 2 is 2.50 bits per heavy atom. The van der Waals surface area contributed by atoms with Gasteiger partial charge < -0.3 is 4.74 Å². The first-order valence-corrected chi connectivity index (χ1v) is 3.51. The Morgan fingerprint density at radius 3 is 2.90 bits per heavy atom. The SMILES string of the molecule is CCOC(=O)C(Br)N=C=O. The first-order valence-electron chi connectivity index (χ1n) is 2.60. The summed E-state index contributed by atoms with van der Waals surface area (Å²) in [5.41, 5.74) is 0. The van der Waals surface area contributed by atoms with Crippen LogP contribution in [-0.2, 0) is 14.3 Å². The largest absolute Gasteiger partial charge is 0.464 e. The van der Waals surface area contributed by atoms with Gasteiger partial charge in [-0.05, 0) is 22.9 Å². The number of hydrogen-bond acceptors (Lipinski definition) is 4. The highest BCUT2D eigenvalue weighted by atomic mass is 79.9. The molecule has 0 radical (unpaired) electrons. The Hall–Kier alpha value is -0.670. The second-order valence-electron chi connectivity index (χ2n) is 1.31. The van der Waals surface area contributed by atoms with Crippen molar-refractivity contribution in [3.05, 3.63) is 0 Å². The van der Waals surface area contributed by atoms with Gasteiger partial charge in [0, 0.05) is 0 Å². The van der Waals surface area contributed by atoms with Gasteiger partial charge in [-0.2, -0.15) is 4.99 Å². The summed E-state index contributed by atoms with van der Waals surface area (Å²) in [5.74, 6) is -0.578. The van der Waals surface area contributed by atoms with Gasteiger partial charge >= 0.3 is 5.97 Å². The average molecular weight is 208 g/mol. The Balaban J connectivity index is 3.81. The molecule has 0 saturated carbocycles. The lowest BCUT2D eigenvalue weighted by Crippen LogP contribution is -2.14. The summed E-state index contributed by atoms with van der Waals surface area (Å²) >= 11 is 2.80. The third-order valence-electron chi connectivity index (χ3n) is 0.647. The van der Waals surface area contributed by atoms with Crippen LogP contribution in [-0.4, -0.2) is 23.6 Å². The molecule has 0 spiro atoms. The summed E-state index contributed by atoms with van der Waals surface area (Å²) in [4.78, 5) is 22.4. The standard InChI is InChI=1S/C5H6BrNO3/c1-2-10-5(9)4(6)7-3-8/h4H,2H2,1H3. The number of isocyanates is 1. The predicted molar refractivity (Wildman–Crippen MR) is 37.5 cm³/mol. The van der Waals surface area contributed by atoms with Crippen LogP contribution in [0.2, 0.25) is 0 Å². The minimum Gasteiger partial charge on any atom is -0.464 e. The molecule has 0 aromatic heterocycles. The number of nitrogens with zero attached hydrogens (tertiary/aromatic N) is 1. The molecule has 0 aromatic carbocycles. The topological polar surface area (TPSA) is 55.7 Å². The molecule has 1 unspecified atom stereocenters. The number of hydrogen-bond donors (Lipinski definition) is 0. The van der Waals surface area contributed by atoms with E-state index in [1.807, 2.05) is 0 Å². The smallest absolute Gasteiger partial charge is 0.342 e. The number of esters is 1. The van der Waals surface area contributed by atoms with E-state index in [2.05, 4.69) is 25.7 Å². The Labute approximate surface area is 66.4 Å². The summed E-state index contributed by atoms with van der Waals surface area (Å²) in [6.45, 7) is 1.94. The van der Waals surface area contributed by atoms with Crippen LogP contribution in [0.4, 0.5) is 0 Å². The molecule has 0 amide bonds. The number of aliphatic imine (C=N–C) groups is 1. The van der Waals surface area contributed by atoms with Gasteiger partial charge in [0.1, 0.15) is 0 Å². The molecule has 1 atom stereocenters. The van der Waals surface area contributed by atoms with E-state index in [4.69, 9.17) is 0 Å². The number of ether oxygens (including phenoxy) is 1. The van der Waals surface area contributed by atoms with Crippen molar-refractivity contribution in [2.75, 3.05) is 6.61 Å². The first-order chi connectivity index (χ1) is 4.72. The maximum atomic E-state index is 10.6. The van der Waals surface area contributed by atoms with Crippen molar-refractivity contribution in [2.24, 2.45) is 4.99 Å². The summed E-state index contributed by atoms with van der Waals surface area (Å²) in [7, 11) is 0. The molecular formula is C5H6BrNO3. The third kappa shape index (κ3) is 3.37. The molecule has 0 heterocycles. The molecule has 0 bridgehead atoms. The van der Waals surface area contributed by atoms with Crippen molar-refractivity contribution < 1.29 is 14.3 Å². The van der Waals surface area contributed by atoms with E-state index in [0.717, 1.165) is 0 Å². The van der Waals surface area contributed by atoms with Crippen molar-refractivity contribution in [2.45, 2.75) is 11.9 Å². The normalized spacial score (nSPS) is 11.4. The third-order valence-corrected chi connectivity index (χ3v) is 1.23. The second-order valence-corrected chi connectivity index (χ2v) is 2.18. The molecule has 0 aliphatic rings. The monoisotopic (exact) mass is 207 g/mol. The van der Waals surface area contributed by atoms with E-state index in [-0.39, 0.29) is 6.61 Å². The van der Waals surface area contributed by atoms with Crippen LogP contribution in [0.5, 0.6) is 0 Å². The number of alkyl halides is 1. The highest BCUT2D eigenvalue weighted by molar-refractivity contribution is 9.10. The van der Waals surface area contributed by atoms with Crippen molar-refractivity contribution in [1.82, 2.24) is 0 Å². The molecule has 56 valence electrons. The Kier molecular flexibility index (Phi) is 4.80. The lowest BCUT2D eigenvalue weighted by molar-refractivity contribution is -0.142. The highest BCUT2D eigenvalue weighted by Gasteiger charge is 2.13. The molecular weight excluding hydrogens is 202 g/mol. The number of halogens is 1. The van der Waals surface area contributed by atoms with Gasteiger partial charge in [-0.15, -0.1) is 0 Å². The summed E-state index contributed by atoms with van der Waals surface area (Å²) < 4.78 is 4.50. The zero-order valence-electron chi connectivity index (χ0n) is 5.33. The van der Waals surface area contributed by atoms with Gasteiger partial charge in [0.15, 0.2) is 0 Å². The van der Waals surface area contributed by atoms with Crippen LogP contribution in [0, 0.1) is 0 Å². The van der Waals surface area contributed by atoms with E-state index in [1.54, 1.807) is 6.92 Å². The first kappa shape index (κ1) is 9.33. The second kappa shape index (κ2) is 5.14. The van der Waals surface area contributed by atoms with E-state index in [1.165, 1.54) is 6.08 Å². The van der Waals surface area contributed by atoms with Gasteiger partial charge in [0.25, 0.3) is 0 Å². The summed E-state index contributed by atoms with van der Waals surface area (Å²) in [5, 5.41) is 0. The zero-order valence-corrected chi connectivity index (χ0v) is 6.92. The fourth-order valence-corrected chi connectivity index (χ4v) is 0.526. The zero-order chi connectivity index (χ0) is 7.98. The molecule has 4 nitrogen and oxygen atoms in total. The molecule has 0 rings (SSSR count). The highest BCUT2D eigenvalue weighted by Crippen LogP contribution is 2.01. The van der Waals surface area contributed by atoms with E-state index in [9.17, 15) is 9.59 Å². The molecule has 0 fully saturated rings. The minimum absolute atomic E-state index is 0.273. The van der Waals surface area contributed by atoms with Gasteiger partial charge in [-0.1, -0.05) is 0 Å². The van der Waals surface area contributed by atoms with Crippen LogP contribution in [0.15, 0.2) is 4.99 Å². The minimum atomic E-state index is -0.912. The lowest BCUT2D eigenvalue weighted by Gasteiger charge is -2.00. The molecule has 0 aliphatic heterocycles. The van der Waals surface area contributed by atoms with E-state index in [0.29, 0.717) is 0 Å². The number of carbonyl (C=O) groups is 1. The van der Waals surface area contributed by atoms with Crippen LogP contribution in [0.25, 0.3) is 0 Å². The molecule has 5 heteroatoms. The molecule has 0 aliphatic carbocycles. The maximum Gasteiger partial charge on any atom is 0.342 e. The Morgan fingerprint density at radius 1 is 1.90 bits per heavy atom. The van der Waals surface area contributed by atoms with E-state index >= 15 is 0 Å². The molecule has 0 aromatic rings. The fourth-order valence-electron chi connectivity index (χ4n) is 0.310. The quantitative estimate of drug-likeness (QED) is 0.224. The predicted octanol–water partition coefficient (Wildman–Crippen LogP) is 0.606. The van der Waals surface area contributed by atoms with Gasteiger partial charge in [-0.3, -0.25) is 0 Å². The van der Waals surface area contributed by atoms with Crippen molar-refractivity contribution >= 4 is 28.0 Å². The molecule has 0 saturated heterocycles. The van der Waals surface area contributed by atoms with Gasteiger partial charge in [0.05, 0.1) is 6.61 Å².